The van der Waals surface area contributed by atoms with Crippen molar-refractivity contribution in [2.24, 2.45) is 7.05 Å². The number of aromatic nitrogens is 5. The lowest BCUT2D eigenvalue weighted by Crippen LogP contribution is -2.17. The number of nitrogens with zero attached hydrogens (tertiary/aromatic N) is 5. The van der Waals surface area contributed by atoms with Crippen LogP contribution in [0.5, 0.6) is 17.4 Å². The van der Waals surface area contributed by atoms with Gasteiger partial charge < -0.3 is 14.8 Å². The highest BCUT2D eigenvalue weighted by atomic mass is 19.4. The molecule has 9 nitrogen and oxygen atoms in total. The number of fused-ring (bicyclic) bond motifs is 1. The Morgan fingerprint density at radius 1 is 1.03 bits per heavy atom. The summed E-state index contributed by atoms with van der Waals surface area (Å²) in [6.07, 6.45) is 0.133. The molecule has 3 heterocycles. The van der Waals surface area contributed by atoms with E-state index in [1.807, 2.05) is 6.07 Å². The minimum atomic E-state index is -4.84. The van der Waals surface area contributed by atoms with E-state index in [-0.39, 0.29) is 17.1 Å². The molecule has 5 aromatic rings. The molecule has 0 aliphatic heterocycles. The fourth-order valence-corrected chi connectivity index (χ4v) is 3.68. The first-order valence-corrected chi connectivity index (χ1v) is 11.2. The molecule has 0 aliphatic rings. The van der Waals surface area contributed by atoms with Crippen molar-refractivity contribution in [1.29, 1.82) is 0 Å². The first-order valence-electron chi connectivity index (χ1n) is 11.2. The van der Waals surface area contributed by atoms with Crippen molar-refractivity contribution in [3.8, 4) is 28.8 Å². The molecule has 0 spiro atoms. The van der Waals surface area contributed by atoms with Crippen molar-refractivity contribution >= 4 is 22.6 Å². The van der Waals surface area contributed by atoms with Crippen molar-refractivity contribution in [3.05, 3.63) is 84.3 Å². The van der Waals surface area contributed by atoms with Crippen LogP contribution < -0.4 is 14.8 Å². The van der Waals surface area contributed by atoms with Gasteiger partial charge in [-0.15, -0.1) is 13.2 Å². The third-order valence-corrected chi connectivity index (χ3v) is 5.37. The first-order chi connectivity index (χ1) is 18.1. The van der Waals surface area contributed by atoms with Gasteiger partial charge in [-0.3, -0.25) is 14.5 Å². The third-order valence-electron chi connectivity index (χ3n) is 5.37. The van der Waals surface area contributed by atoms with Crippen LogP contribution in [0, 0.1) is 6.92 Å². The molecule has 0 saturated heterocycles. The number of carbonyl (C=O) groups is 1. The highest BCUT2D eigenvalue weighted by molar-refractivity contribution is 6.05. The average molecular weight is 520 g/mol. The maximum absolute atomic E-state index is 13.0. The molecule has 0 aliphatic carbocycles. The van der Waals surface area contributed by atoms with E-state index in [2.05, 4.69) is 30.1 Å². The van der Waals surface area contributed by atoms with Gasteiger partial charge in [0.15, 0.2) is 11.5 Å². The molecule has 2 aromatic carbocycles. The van der Waals surface area contributed by atoms with Gasteiger partial charge in [-0.2, -0.15) is 10.1 Å². The summed E-state index contributed by atoms with van der Waals surface area (Å²) in [5.74, 6) is -0.0736. The Labute approximate surface area is 213 Å². The Morgan fingerprint density at radius 2 is 1.87 bits per heavy atom. The normalized spacial score (nSPS) is 11.4. The van der Waals surface area contributed by atoms with Crippen LogP contribution >= 0.6 is 0 Å². The van der Waals surface area contributed by atoms with Crippen molar-refractivity contribution in [3.63, 3.8) is 0 Å². The topological polar surface area (TPSA) is 104 Å². The van der Waals surface area contributed by atoms with E-state index in [0.29, 0.717) is 33.7 Å². The summed E-state index contributed by atoms with van der Waals surface area (Å²) in [5, 5.41) is 7.51. The summed E-state index contributed by atoms with van der Waals surface area (Å²) in [4.78, 5) is 26.2. The number of alkyl halides is 3. The second-order valence-corrected chi connectivity index (χ2v) is 8.24. The largest absolute Gasteiger partial charge is 0.573 e. The number of hydrogen-bond acceptors (Lipinski definition) is 7. The number of pyridine rings is 1. The molecule has 192 valence electrons. The van der Waals surface area contributed by atoms with Crippen LogP contribution in [0.3, 0.4) is 0 Å². The molecule has 1 amide bonds. The van der Waals surface area contributed by atoms with Crippen LogP contribution in [-0.4, -0.2) is 37.0 Å². The molecule has 1 N–H and O–H groups in total. The van der Waals surface area contributed by atoms with Crippen molar-refractivity contribution in [2.45, 2.75) is 13.3 Å². The molecule has 12 heteroatoms. The second-order valence-electron chi connectivity index (χ2n) is 8.24. The fraction of sp³-hybridized carbons (Fsp3) is 0.115. The standard InChI is InChI=1S/C26H19F3N6O3/c1-15-8-9-18(12-20(15)24(36)31-17-6-3-7-19(11-17)38-26(27,28)29)37-25-21-14-35(2)34-23(21)32-22(33-25)16-5-4-10-30-13-16/h3-14H,1-2H3,(H,31,36). The van der Waals surface area contributed by atoms with Crippen LogP contribution in [0.2, 0.25) is 0 Å². The summed E-state index contributed by atoms with van der Waals surface area (Å²) in [6, 6.07) is 13.5. The quantitative estimate of drug-likeness (QED) is 0.307. The average Bonchev–Trinajstić information content (AvgIpc) is 3.25. The molecular formula is C26H19F3N6O3. The minimum Gasteiger partial charge on any atom is -0.438 e. The van der Waals surface area contributed by atoms with Gasteiger partial charge in [0, 0.05) is 48.5 Å². The molecule has 0 bridgehead atoms. The number of anilines is 1. The zero-order valence-electron chi connectivity index (χ0n) is 20.0. The summed E-state index contributed by atoms with van der Waals surface area (Å²) in [6.45, 7) is 1.73. The number of rotatable bonds is 6. The zero-order chi connectivity index (χ0) is 26.9. The second kappa shape index (κ2) is 9.81. The lowest BCUT2D eigenvalue weighted by Gasteiger charge is -2.13. The van der Waals surface area contributed by atoms with Gasteiger partial charge in [-0.1, -0.05) is 12.1 Å². The van der Waals surface area contributed by atoms with E-state index in [4.69, 9.17) is 4.74 Å². The number of halogens is 3. The molecule has 0 fully saturated rings. The lowest BCUT2D eigenvalue weighted by atomic mass is 10.1. The van der Waals surface area contributed by atoms with Crippen LogP contribution in [0.4, 0.5) is 18.9 Å². The number of aryl methyl sites for hydroxylation is 2. The molecule has 38 heavy (non-hydrogen) atoms. The Kier molecular flexibility index (Phi) is 6.37. The van der Waals surface area contributed by atoms with E-state index in [9.17, 15) is 18.0 Å². The number of benzene rings is 2. The highest BCUT2D eigenvalue weighted by Gasteiger charge is 2.31. The van der Waals surface area contributed by atoms with E-state index in [1.165, 1.54) is 18.2 Å². The summed E-state index contributed by atoms with van der Waals surface area (Å²) in [5.41, 5.74) is 2.11. The Bertz CT molecular complexity index is 1640. The van der Waals surface area contributed by atoms with Gasteiger partial charge in [-0.25, -0.2) is 4.98 Å². The van der Waals surface area contributed by atoms with Crippen molar-refractivity contribution in [2.75, 3.05) is 5.32 Å². The molecule has 0 saturated carbocycles. The number of nitrogens with one attached hydrogen (secondary N) is 1. The molecule has 0 atom stereocenters. The Morgan fingerprint density at radius 3 is 2.63 bits per heavy atom. The summed E-state index contributed by atoms with van der Waals surface area (Å²) < 4.78 is 49.3. The van der Waals surface area contributed by atoms with E-state index in [0.717, 1.165) is 12.1 Å². The van der Waals surface area contributed by atoms with Crippen LogP contribution in [0.1, 0.15) is 15.9 Å². The smallest absolute Gasteiger partial charge is 0.438 e. The minimum absolute atomic E-state index is 0.136. The van der Waals surface area contributed by atoms with E-state index in [1.54, 1.807) is 55.4 Å². The van der Waals surface area contributed by atoms with Gasteiger partial charge in [0.2, 0.25) is 5.88 Å². The van der Waals surface area contributed by atoms with Gasteiger partial charge >= 0.3 is 6.36 Å². The lowest BCUT2D eigenvalue weighted by molar-refractivity contribution is -0.274. The first kappa shape index (κ1) is 24.7. The summed E-state index contributed by atoms with van der Waals surface area (Å²) >= 11 is 0. The Balaban J connectivity index is 1.44. The number of hydrogen-bond donors (Lipinski definition) is 1. The van der Waals surface area contributed by atoms with Gasteiger partial charge in [-0.05, 0) is 48.9 Å². The number of carbonyl (C=O) groups excluding carboxylic acids is 1. The van der Waals surface area contributed by atoms with E-state index < -0.39 is 18.0 Å². The monoisotopic (exact) mass is 520 g/mol. The predicted octanol–water partition coefficient (Wildman–Crippen LogP) is 5.68. The maximum atomic E-state index is 13.0. The molecule has 0 unspecified atom stereocenters. The van der Waals surface area contributed by atoms with Crippen molar-refractivity contribution in [1.82, 2.24) is 24.7 Å². The SMILES string of the molecule is Cc1ccc(Oc2nc(-c3cccnc3)nc3nn(C)cc23)cc1C(=O)Nc1cccc(OC(F)(F)F)c1. The maximum Gasteiger partial charge on any atom is 0.573 e. The number of ether oxygens (including phenoxy) is 2. The van der Waals surface area contributed by atoms with Crippen molar-refractivity contribution < 1.29 is 27.4 Å². The number of amides is 1. The molecule has 0 radical (unpaired) electrons. The predicted molar refractivity (Wildman–Crippen MR) is 132 cm³/mol. The third kappa shape index (κ3) is 5.53. The van der Waals surface area contributed by atoms with Gasteiger partial charge in [0.05, 0.1) is 0 Å². The Hall–Kier alpha value is -5.00. The van der Waals surface area contributed by atoms with E-state index >= 15 is 0 Å². The molecular weight excluding hydrogens is 501 g/mol. The molecule has 3 aromatic heterocycles. The zero-order valence-corrected chi connectivity index (χ0v) is 20.0. The van der Waals surface area contributed by atoms with Gasteiger partial charge in [0.1, 0.15) is 16.9 Å². The highest BCUT2D eigenvalue weighted by Crippen LogP contribution is 2.31. The van der Waals surface area contributed by atoms with Gasteiger partial charge in [0.25, 0.3) is 5.91 Å². The molecule has 5 rings (SSSR count). The fourth-order valence-electron chi connectivity index (χ4n) is 3.68. The summed E-state index contributed by atoms with van der Waals surface area (Å²) in [7, 11) is 1.75. The van der Waals surface area contributed by atoms with Crippen LogP contribution in [0.15, 0.2) is 73.2 Å². The van der Waals surface area contributed by atoms with Crippen LogP contribution in [-0.2, 0) is 7.05 Å². The van der Waals surface area contributed by atoms with Crippen LogP contribution in [0.25, 0.3) is 22.4 Å².